The molecule has 17 heavy (non-hydrogen) atoms. The molecule has 2 aromatic carbocycles. The second kappa shape index (κ2) is 5.52. The molecular weight excluding hydrogens is 278 g/mol. The van der Waals surface area contributed by atoms with Crippen LogP contribution in [0.4, 0.5) is 5.69 Å². The van der Waals surface area contributed by atoms with Crippen molar-refractivity contribution < 1.29 is 5.11 Å². The largest absolute Gasteiger partial charge is 0.393 e. The molecule has 0 aliphatic heterocycles. The topological polar surface area (TPSA) is 32.3 Å². The minimum atomic E-state index is -0.251. The number of rotatable bonds is 4. The first-order valence-electron chi connectivity index (χ1n) is 5.76. The van der Waals surface area contributed by atoms with Crippen LogP contribution in [0.1, 0.15) is 13.3 Å². The summed E-state index contributed by atoms with van der Waals surface area (Å²) < 4.78 is 1.10. The third kappa shape index (κ3) is 3.45. The third-order valence-electron chi connectivity index (χ3n) is 2.69. The van der Waals surface area contributed by atoms with Crippen LogP contribution >= 0.6 is 15.9 Å². The van der Waals surface area contributed by atoms with E-state index in [0.717, 1.165) is 23.1 Å². The Balaban J connectivity index is 2.12. The molecule has 0 saturated heterocycles. The molecule has 0 saturated carbocycles. The van der Waals surface area contributed by atoms with E-state index in [1.54, 1.807) is 6.92 Å². The van der Waals surface area contributed by atoms with Gasteiger partial charge < -0.3 is 10.4 Å². The molecule has 1 atom stereocenters. The van der Waals surface area contributed by atoms with Crippen molar-refractivity contribution >= 4 is 32.4 Å². The molecule has 1 unspecified atom stereocenters. The van der Waals surface area contributed by atoms with Crippen molar-refractivity contribution in [1.29, 1.82) is 0 Å². The second-order valence-electron chi connectivity index (χ2n) is 4.27. The van der Waals surface area contributed by atoms with Crippen LogP contribution in [0.3, 0.4) is 0 Å². The van der Waals surface area contributed by atoms with Gasteiger partial charge in [0.1, 0.15) is 0 Å². The fourth-order valence-corrected chi connectivity index (χ4v) is 2.13. The standard InChI is InChI=1S/C14H16BrNO/c1-10(17)6-7-16-14-5-3-11-8-13(15)4-2-12(11)9-14/h2-5,8-10,16-17H,6-7H2,1H3. The van der Waals surface area contributed by atoms with Crippen LogP contribution in [-0.2, 0) is 0 Å². The van der Waals surface area contributed by atoms with Crippen LogP contribution in [0.25, 0.3) is 10.8 Å². The lowest BCUT2D eigenvalue weighted by molar-refractivity contribution is 0.189. The van der Waals surface area contributed by atoms with Crippen molar-refractivity contribution in [1.82, 2.24) is 0 Å². The SMILES string of the molecule is CC(O)CCNc1ccc2cc(Br)ccc2c1. The summed E-state index contributed by atoms with van der Waals surface area (Å²) in [4.78, 5) is 0. The van der Waals surface area contributed by atoms with E-state index in [2.05, 4.69) is 51.6 Å². The predicted molar refractivity (Wildman–Crippen MR) is 76.4 cm³/mol. The van der Waals surface area contributed by atoms with E-state index >= 15 is 0 Å². The summed E-state index contributed by atoms with van der Waals surface area (Å²) in [5.74, 6) is 0. The molecule has 3 heteroatoms. The van der Waals surface area contributed by atoms with E-state index in [0.29, 0.717) is 0 Å². The Kier molecular flexibility index (Phi) is 4.02. The summed E-state index contributed by atoms with van der Waals surface area (Å²) in [5, 5.41) is 14.9. The fraction of sp³-hybridized carbons (Fsp3) is 0.286. The van der Waals surface area contributed by atoms with Gasteiger partial charge in [-0.2, -0.15) is 0 Å². The maximum atomic E-state index is 9.19. The quantitative estimate of drug-likeness (QED) is 0.899. The van der Waals surface area contributed by atoms with E-state index in [-0.39, 0.29) is 6.10 Å². The van der Waals surface area contributed by atoms with Gasteiger partial charge in [-0.1, -0.05) is 28.1 Å². The molecule has 0 spiro atoms. The van der Waals surface area contributed by atoms with E-state index < -0.39 is 0 Å². The zero-order chi connectivity index (χ0) is 12.3. The van der Waals surface area contributed by atoms with Crippen LogP contribution in [0, 0.1) is 0 Å². The van der Waals surface area contributed by atoms with Gasteiger partial charge in [0, 0.05) is 16.7 Å². The molecule has 0 bridgehead atoms. The maximum absolute atomic E-state index is 9.19. The smallest absolute Gasteiger partial charge is 0.0528 e. The highest BCUT2D eigenvalue weighted by molar-refractivity contribution is 9.10. The number of aliphatic hydroxyl groups is 1. The first-order chi connectivity index (χ1) is 8.15. The minimum Gasteiger partial charge on any atom is -0.393 e. The third-order valence-corrected chi connectivity index (χ3v) is 3.19. The van der Waals surface area contributed by atoms with Gasteiger partial charge in [0.05, 0.1) is 6.10 Å². The summed E-state index contributed by atoms with van der Waals surface area (Å²) in [6.45, 7) is 2.60. The van der Waals surface area contributed by atoms with Gasteiger partial charge in [-0.25, -0.2) is 0 Å². The first kappa shape index (κ1) is 12.4. The molecule has 0 aliphatic carbocycles. The van der Waals surface area contributed by atoms with Gasteiger partial charge in [0.15, 0.2) is 0 Å². The van der Waals surface area contributed by atoms with Crippen LogP contribution in [0.5, 0.6) is 0 Å². The molecule has 2 nitrogen and oxygen atoms in total. The van der Waals surface area contributed by atoms with Crippen molar-refractivity contribution in [3.63, 3.8) is 0 Å². The normalized spacial score (nSPS) is 12.6. The van der Waals surface area contributed by atoms with Crippen molar-refractivity contribution in [2.45, 2.75) is 19.4 Å². The summed E-state index contributed by atoms with van der Waals surface area (Å²) in [7, 11) is 0. The number of hydrogen-bond donors (Lipinski definition) is 2. The number of aliphatic hydroxyl groups excluding tert-OH is 1. The summed E-state index contributed by atoms with van der Waals surface area (Å²) in [5.41, 5.74) is 1.10. The minimum absolute atomic E-state index is 0.251. The van der Waals surface area contributed by atoms with Gasteiger partial charge in [0.2, 0.25) is 0 Å². The molecule has 2 N–H and O–H groups in total. The zero-order valence-corrected chi connectivity index (χ0v) is 11.4. The zero-order valence-electron chi connectivity index (χ0n) is 9.78. The number of nitrogens with one attached hydrogen (secondary N) is 1. The van der Waals surface area contributed by atoms with Crippen molar-refractivity contribution in [2.75, 3.05) is 11.9 Å². The van der Waals surface area contributed by atoms with Gasteiger partial charge in [-0.3, -0.25) is 0 Å². The van der Waals surface area contributed by atoms with Crippen molar-refractivity contribution in [2.24, 2.45) is 0 Å². The van der Waals surface area contributed by atoms with E-state index in [1.165, 1.54) is 10.8 Å². The average molecular weight is 294 g/mol. The predicted octanol–water partition coefficient (Wildman–Crippen LogP) is 3.79. The Labute approximate surface area is 110 Å². The summed E-state index contributed by atoms with van der Waals surface area (Å²) in [6, 6.07) is 12.5. The Morgan fingerprint density at radius 2 is 1.88 bits per heavy atom. The monoisotopic (exact) mass is 293 g/mol. The number of hydrogen-bond acceptors (Lipinski definition) is 2. The molecule has 0 fully saturated rings. The molecule has 0 aliphatic rings. The lowest BCUT2D eigenvalue weighted by atomic mass is 10.1. The van der Waals surface area contributed by atoms with E-state index in [9.17, 15) is 5.11 Å². The van der Waals surface area contributed by atoms with Crippen LogP contribution < -0.4 is 5.32 Å². The molecule has 0 radical (unpaired) electrons. The maximum Gasteiger partial charge on any atom is 0.0528 e. The average Bonchev–Trinajstić information content (AvgIpc) is 2.29. The highest BCUT2D eigenvalue weighted by atomic mass is 79.9. The number of anilines is 1. The lowest BCUT2D eigenvalue weighted by Crippen LogP contribution is -2.09. The number of halogens is 1. The first-order valence-corrected chi connectivity index (χ1v) is 6.56. The molecule has 0 amide bonds. The molecule has 0 heterocycles. The van der Waals surface area contributed by atoms with Crippen LogP contribution in [-0.4, -0.2) is 17.8 Å². The van der Waals surface area contributed by atoms with Gasteiger partial charge in [-0.05, 0) is 48.4 Å². The molecular formula is C14H16BrNO. The van der Waals surface area contributed by atoms with Crippen LogP contribution in [0.15, 0.2) is 40.9 Å². The Morgan fingerprint density at radius 1 is 1.18 bits per heavy atom. The Morgan fingerprint density at radius 3 is 2.65 bits per heavy atom. The number of benzene rings is 2. The molecule has 90 valence electrons. The number of fused-ring (bicyclic) bond motifs is 1. The van der Waals surface area contributed by atoms with Gasteiger partial charge >= 0.3 is 0 Å². The van der Waals surface area contributed by atoms with E-state index in [4.69, 9.17) is 0 Å². The molecule has 2 aromatic rings. The highest BCUT2D eigenvalue weighted by Crippen LogP contribution is 2.22. The Bertz CT molecular complexity index is 511. The summed E-state index contributed by atoms with van der Waals surface area (Å²) in [6.07, 6.45) is 0.511. The van der Waals surface area contributed by atoms with Gasteiger partial charge in [-0.15, -0.1) is 0 Å². The Hall–Kier alpha value is -1.06. The lowest BCUT2D eigenvalue weighted by Gasteiger charge is -2.09. The fourth-order valence-electron chi connectivity index (χ4n) is 1.75. The molecule has 2 rings (SSSR count). The van der Waals surface area contributed by atoms with E-state index in [1.807, 2.05) is 6.07 Å². The second-order valence-corrected chi connectivity index (χ2v) is 5.19. The highest BCUT2D eigenvalue weighted by Gasteiger charge is 1.98. The molecule has 0 aromatic heterocycles. The van der Waals surface area contributed by atoms with Crippen molar-refractivity contribution in [3.05, 3.63) is 40.9 Å². The summed E-state index contributed by atoms with van der Waals surface area (Å²) >= 11 is 3.47. The van der Waals surface area contributed by atoms with Crippen molar-refractivity contribution in [3.8, 4) is 0 Å². The van der Waals surface area contributed by atoms with Crippen LogP contribution in [0.2, 0.25) is 0 Å². The van der Waals surface area contributed by atoms with Gasteiger partial charge in [0.25, 0.3) is 0 Å².